The van der Waals surface area contributed by atoms with Crippen molar-refractivity contribution in [1.29, 1.82) is 0 Å². The van der Waals surface area contributed by atoms with Gasteiger partial charge < -0.3 is 24.8 Å². The molecule has 0 aliphatic heterocycles. The Morgan fingerprint density at radius 2 is 1.00 bits per heavy atom. The number of hydrogen-bond donors (Lipinski definition) is 2. The van der Waals surface area contributed by atoms with E-state index in [1.165, 1.54) is 0 Å². The smallest absolute Gasteiger partial charge is 0.159 e. The summed E-state index contributed by atoms with van der Waals surface area (Å²) in [5.74, 6) is -0.0242. The van der Waals surface area contributed by atoms with Crippen LogP contribution in [0.25, 0.3) is 22.5 Å². The molecule has 4 aromatic rings. The van der Waals surface area contributed by atoms with Gasteiger partial charge in [0.2, 0.25) is 0 Å². The number of hydrogen-bond acceptors (Lipinski definition) is 12. The van der Waals surface area contributed by atoms with E-state index in [4.69, 9.17) is 14.2 Å². The van der Waals surface area contributed by atoms with Crippen LogP contribution in [0.1, 0.15) is 122 Å². The van der Waals surface area contributed by atoms with Gasteiger partial charge in [-0.25, -0.2) is 14.0 Å². The standard InChI is InChI=1S/C22H30N6O3.C11H23N5O.8CH4/c1-4-8-30-10-6-27-15-21(23-25-27)19-12-18(17(3)29)13-20(14-19)22-16-28(26-24-22)7-11-31-9-5-2;1-3-7-17-8-6-16-10-11(14-15-16)9-13-5-4-12-2;;;;;;;;/h12-16H,4-11H2,1-3H3;10,12-13H,3-9H2,1-2H3;8*1H4. The van der Waals surface area contributed by atoms with Gasteiger partial charge >= 0.3 is 0 Å². The van der Waals surface area contributed by atoms with E-state index >= 15 is 0 Å². The zero-order chi connectivity index (χ0) is 34.4. The molecule has 0 saturated carbocycles. The van der Waals surface area contributed by atoms with Crippen molar-refractivity contribution in [3.63, 3.8) is 0 Å². The maximum absolute atomic E-state index is 12.1. The Balaban J connectivity index is -0.000000219. The average molecular weight is 796 g/mol. The molecule has 0 spiro atoms. The lowest BCUT2D eigenvalue weighted by Crippen LogP contribution is -2.24. The summed E-state index contributed by atoms with van der Waals surface area (Å²) in [5, 5.41) is 31.4. The van der Waals surface area contributed by atoms with Gasteiger partial charge in [-0.15, -0.1) is 15.3 Å². The largest absolute Gasteiger partial charge is 0.380 e. The minimum absolute atomic E-state index is 0. The molecule has 0 radical (unpaired) electrons. The lowest BCUT2D eigenvalue weighted by Gasteiger charge is -2.05. The molecule has 0 atom stereocenters. The van der Waals surface area contributed by atoms with Crippen LogP contribution in [0.3, 0.4) is 0 Å². The summed E-state index contributed by atoms with van der Waals surface area (Å²) >= 11 is 0. The molecule has 0 bridgehead atoms. The van der Waals surface area contributed by atoms with Crippen molar-refractivity contribution in [2.45, 2.75) is 133 Å². The van der Waals surface area contributed by atoms with Crippen molar-refractivity contribution >= 4 is 5.78 Å². The van der Waals surface area contributed by atoms with Crippen molar-refractivity contribution in [1.82, 2.24) is 55.6 Å². The zero-order valence-corrected chi connectivity index (χ0v) is 29.2. The van der Waals surface area contributed by atoms with E-state index in [-0.39, 0.29) is 65.2 Å². The third-order valence-corrected chi connectivity index (χ3v) is 6.89. The van der Waals surface area contributed by atoms with E-state index < -0.39 is 0 Å². The molecule has 0 aliphatic carbocycles. The van der Waals surface area contributed by atoms with Crippen LogP contribution in [0.2, 0.25) is 0 Å². The van der Waals surface area contributed by atoms with E-state index in [1.54, 1.807) is 16.3 Å². The first-order valence-electron chi connectivity index (χ1n) is 16.9. The number of ether oxygens (including phenoxy) is 3. The number of likely N-dealkylation sites (N-methyl/N-ethyl adjacent to an activating group) is 1. The quantitative estimate of drug-likeness (QED) is 0.0546. The fourth-order valence-electron chi connectivity index (χ4n) is 4.38. The first-order chi connectivity index (χ1) is 23.5. The first kappa shape index (κ1) is 64.0. The number of nitrogens with one attached hydrogen (secondary N) is 2. The predicted octanol–water partition coefficient (Wildman–Crippen LogP) is 8.36. The number of aromatic nitrogens is 9. The Hall–Kier alpha value is -3.89. The van der Waals surface area contributed by atoms with Gasteiger partial charge in [-0.2, -0.15) is 0 Å². The van der Waals surface area contributed by atoms with Crippen LogP contribution in [-0.2, 0) is 40.4 Å². The molecule has 0 fully saturated rings. The molecule has 328 valence electrons. The third-order valence-electron chi connectivity index (χ3n) is 6.89. The molecule has 3 aromatic heterocycles. The topological polar surface area (TPSA) is 161 Å². The van der Waals surface area contributed by atoms with Crippen LogP contribution in [0.5, 0.6) is 0 Å². The Morgan fingerprint density at radius 1 is 0.589 bits per heavy atom. The minimum Gasteiger partial charge on any atom is -0.380 e. The predicted molar refractivity (Wildman–Crippen MR) is 237 cm³/mol. The van der Waals surface area contributed by atoms with Crippen LogP contribution in [0.4, 0.5) is 0 Å². The normalized spacial score (nSPS) is 9.52. The number of ketones is 1. The summed E-state index contributed by atoms with van der Waals surface area (Å²) in [7, 11) is 1.94. The molecule has 3 heterocycles. The average Bonchev–Trinajstić information content (AvgIpc) is 3.88. The maximum Gasteiger partial charge on any atom is 0.159 e. The van der Waals surface area contributed by atoms with Crippen LogP contribution in [0, 0.1) is 0 Å². The zero-order valence-electron chi connectivity index (χ0n) is 29.2. The third kappa shape index (κ3) is 23.9. The number of carbonyl (C=O) groups excluding carboxylic acids is 1. The monoisotopic (exact) mass is 796 g/mol. The molecule has 0 amide bonds. The van der Waals surface area contributed by atoms with Crippen molar-refractivity contribution < 1.29 is 19.0 Å². The molecule has 0 saturated heterocycles. The van der Waals surface area contributed by atoms with Gasteiger partial charge in [0.1, 0.15) is 11.4 Å². The molecule has 4 rings (SSSR count). The van der Waals surface area contributed by atoms with Gasteiger partial charge in [-0.1, -0.05) is 95.8 Å². The second-order valence-corrected chi connectivity index (χ2v) is 11.2. The van der Waals surface area contributed by atoms with Crippen molar-refractivity contribution in [2.24, 2.45) is 0 Å². The Labute approximate surface area is 342 Å². The van der Waals surface area contributed by atoms with Gasteiger partial charge in [-0.05, 0) is 51.4 Å². The van der Waals surface area contributed by atoms with Gasteiger partial charge in [0.25, 0.3) is 0 Å². The Morgan fingerprint density at radius 3 is 1.39 bits per heavy atom. The minimum atomic E-state index is -0.0242. The summed E-state index contributed by atoms with van der Waals surface area (Å²) in [6.45, 7) is 16.6. The molecule has 56 heavy (non-hydrogen) atoms. The van der Waals surface area contributed by atoms with E-state index in [2.05, 4.69) is 62.3 Å². The van der Waals surface area contributed by atoms with Gasteiger partial charge in [0.05, 0.1) is 57.5 Å². The second kappa shape index (κ2) is 38.0. The van der Waals surface area contributed by atoms with E-state index in [0.29, 0.717) is 49.9 Å². The molecule has 1 aromatic carbocycles. The fraction of sp³-hybridized carbons (Fsp3) is 0.683. The van der Waals surface area contributed by atoms with Crippen LogP contribution < -0.4 is 10.6 Å². The highest BCUT2D eigenvalue weighted by molar-refractivity contribution is 5.96. The molecular weight excluding hydrogens is 711 g/mol. The number of benzene rings is 1. The Bertz CT molecular complexity index is 1360. The maximum atomic E-state index is 12.1. The summed E-state index contributed by atoms with van der Waals surface area (Å²) in [6, 6.07) is 5.61. The number of carbonyl (C=O) groups is 1. The fourth-order valence-corrected chi connectivity index (χ4v) is 4.38. The highest BCUT2D eigenvalue weighted by Crippen LogP contribution is 2.26. The van der Waals surface area contributed by atoms with E-state index in [9.17, 15) is 4.79 Å². The van der Waals surface area contributed by atoms with Crippen molar-refractivity contribution in [3.05, 3.63) is 48.0 Å². The van der Waals surface area contributed by atoms with Crippen LogP contribution in [-0.4, -0.2) is 111 Å². The van der Waals surface area contributed by atoms with Crippen LogP contribution in [0.15, 0.2) is 36.8 Å². The first-order valence-corrected chi connectivity index (χ1v) is 16.9. The summed E-state index contributed by atoms with van der Waals surface area (Å²) in [4.78, 5) is 12.1. The van der Waals surface area contributed by atoms with Crippen molar-refractivity contribution in [2.75, 3.05) is 59.8 Å². The highest BCUT2D eigenvalue weighted by atomic mass is 16.5. The number of nitrogens with zero attached hydrogens (tertiary/aromatic N) is 9. The SMILES string of the molecule is C.C.C.C.C.C.C.C.CCCOCCn1cc(-c2cc(C(C)=O)cc(-c3cn(CCOCCC)nn3)c2)nn1.CCCOCCn1cc(CNCCNC)nn1. The van der Waals surface area contributed by atoms with Crippen molar-refractivity contribution in [3.8, 4) is 22.5 Å². The molecular formula is C41H85N11O4. The number of Topliss-reactive ketones (excluding diaryl/α,β-unsaturated/α-hetero) is 1. The summed E-state index contributed by atoms with van der Waals surface area (Å²) in [6.07, 6.45) is 8.71. The Kier molecular flexibility index (Phi) is 43.5. The van der Waals surface area contributed by atoms with Gasteiger partial charge in [-0.3, -0.25) is 4.79 Å². The molecule has 15 heteroatoms. The number of rotatable bonds is 23. The molecule has 0 aliphatic rings. The lowest BCUT2D eigenvalue weighted by molar-refractivity contribution is 0.101. The molecule has 0 unspecified atom stereocenters. The van der Waals surface area contributed by atoms with E-state index in [1.807, 2.05) is 48.5 Å². The molecule has 15 nitrogen and oxygen atoms in total. The summed E-state index contributed by atoms with van der Waals surface area (Å²) < 4.78 is 21.7. The van der Waals surface area contributed by atoms with Gasteiger partial charge in [0.15, 0.2) is 5.78 Å². The van der Waals surface area contributed by atoms with E-state index in [0.717, 1.165) is 82.1 Å². The lowest BCUT2D eigenvalue weighted by atomic mass is 10.0. The summed E-state index contributed by atoms with van der Waals surface area (Å²) in [5.41, 5.74) is 4.57. The second-order valence-electron chi connectivity index (χ2n) is 11.2. The van der Waals surface area contributed by atoms with Gasteiger partial charge in [0, 0.05) is 62.3 Å². The van der Waals surface area contributed by atoms with Crippen LogP contribution >= 0.6 is 0 Å². The highest BCUT2D eigenvalue weighted by Gasteiger charge is 2.13. The molecule has 2 N–H and O–H groups in total.